The lowest BCUT2D eigenvalue weighted by Crippen LogP contribution is -2.48. The number of hydrogen-bond acceptors (Lipinski definition) is 4. The van der Waals surface area contributed by atoms with Crippen molar-refractivity contribution in [1.29, 1.82) is 0 Å². The number of allylic oxidation sites excluding steroid dienone is 1. The highest BCUT2D eigenvalue weighted by Gasteiger charge is 2.39. The molecule has 2 saturated heterocycles. The van der Waals surface area contributed by atoms with Gasteiger partial charge in [-0.3, -0.25) is 9.69 Å². The third-order valence-electron chi connectivity index (χ3n) is 7.53. The van der Waals surface area contributed by atoms with Crippen LogP contribution in [0.4, 0.5) is 0 Å². The van der Waals surface area contributed by atoms with Gasteiger partial charge in [0.25, 0.3) is 5.91 Å². The average molecular weight is 549 g/mol. The van der Waals surface area contributed by atoms with Crippen LogP contribution in [0.15, 0.2) is 39.6 Å². The van der Waals surface area contributed by atoms with Crippen LogP contribution in [0, 0.1) is 5.41 Å². The van der Waals surface area contributed by atoms with Gasteiger partial charge in [-0.1, -0.05) is 34.7 Å². The van der Waals surface area contributed by atoms with Crippen LogP contribution in [0.25, 0.3) is 0 Å². The molecule has 2 N–H and O–H groups in total. The zero-order valence-electron chi connectivity index (χ0n) is 19.6. The van der Waals surface area contributed by atoms with Crippen molar-refractivity contribution < 1.29 is 9.53 Å². The summed E-state index contributed by atoms with van der Waals surface area (Å²) in [5.41, 5.74) is 10.3. The van der Waals surface area contributed by atoms with Crippen LogP contribution in [0.1, 0.15) is 57.6 Å². The minimum Gasteiger partial charge on any atom is -0.487 e. The number of piperidine rings is 2. The molecule has 5 nitrogen and oxygen atoms in total. The number of carbonyl (C=O) groups excluding carboxylic acids is 1. The van der Waals surface area contributed by atoms with Crippen LogP contribution in [0.5, 0.6) is 5.75 Å². The van der Waals surface area contributed by atoms with Crippen molar-refractivity contribution in [2.45, 2.75) is 65.0 Å². The van der Waals surface area contributed by atoms with E-state index in [1.165, 1.54) is 24.0 Å². The molecule has 0 aromatic heterocycles. The van der Waals surface area contributed by atoms with E-state index in [9.17, 15) is 4.79 Å². The van der Waals surface area contributed by atoms with Gasteiger partial charge in [-0.2, -0.15) is 0 Å². The fraction of sp³-hybridized carbons (Fsp3) is 0.577. The van der Waals surface area contributed by atoms with Crippen molar-refractivity contribution in [3.8, 4) is 5.75 Å². The Kier molecular flexibility index (Phi) is 6.92. The monoisotopic (exact) mass is 549 g/mol. The number of likely N-dealkylation sites (tertiary alicyclic amines) is 2. The van der Waals surface area contributed by atoms with Gasteiger partial charge in [-0.25, -0.2) is 0 Å². The highest BCUT2D eigenvalue weighted by molar-refractivity contribution is 14.1. The van der Waals surface area contributed by atoms with Gasteiger partial charge in [-0.15, -0.1) is 0 Å². The van der Waals surface area contributed by atoms with Crippen molar-refractivity contribution in [2.24, 2.45) is 11.1 Å². The Morgan fingerprint density at radius 2 is 1.81 bits per heavy atom. The van der Waals surface area contributed by atoms with Gasteiger partial charge < -0.3 is 15.4 Å². The van der Waals surface area contributed by atoms with E-state index < -0.39 is 0 Å². The first-order valence-corrected chi connectivity index (χ1v) is 13.0. The summed E-state index contributed by atoms with van der Waals surface area (Å²) in [6.07, 6.45) is 7.45. The summed E-state index contributed by atoms with van der Waals surface area (Å²) >= 11 is 2.14. The normalized spacial score (nSPS) is 23.2. The fourth-order valence-corrected chi connectivity index (χ4v) is 5.89. The zero-order valence-corrected chi connectivity index (χ0v) is 21.8. The second kappa shape index (κ2) is 9.37. The summed E-state index contributed by atoms with van der Waals surface area (Å²) in [6, 6.07) is 6.51. The Morgan fingerprint density at radius 3 is 2.44 bits per heavy atom. The van der Waals surface area contributed by atoms with Crippen molar-refractivity contribution >= 4 is 28.5 Å². The van der Waals surface area contributed by atoms with Gasteiger partial charge in [0.15, 0.2) is 0 Å². The summed E-state index contributed by atoms with van der Waals surface area (Å²) in [4.78, 5) is 17.5. The number of hydrogen-bond donors (Lipinski definition) is 1. The van der Waals surface area contributed by atoms with E-state index in [4.69, 9.17) is 10.5 Å². The Balaban J connectivity index is 1.32. The largest absolute Gasteiger partial charge is 0.487 e. The second-order valence-electron chi connectivity index (χ2n) is 10.4. The molecule has 3 heterocycles. The van der Waals surface area contributed by atoms with Crippen molar-refractivity contribution in [1.82, 2.24) is 9.80 Å². The van der Waals surface area contributed by atoms with Gasteiger partial charge in [0.1, 0.15) is 11.4 Å². The fourth-order valence-electron chi connectivity index (χ4n) is 5.53. The number of benzene rings is 1. The third-order valence-corrected chi connectivity index (χ3v) is 7.89. The Hall–Kier alpha value is -1.54. The number of fused-ring (bicyclic) bond motifs is 1. The Morgan fingerprint density at radius 1 is 1.16 bits per heavy atom. The molecule has 3 aliphatic rings. The van der Waals surface area contributed by atoms with Crippen molar-refractivity contribution in [3.05, 3.63) is 50.8 Å². The number of halogens is 1. The summed E-state index contributed by atoms with van der Waals surface area (Å²) < 4.78 is 7.98. The lowest BCUT2D eigenvalue weighted by molar-refractivity contribution is -0.129. The third kappa shape index (κ3) is 5.01. The highest BCUT2D eigenvalue weighted by atomic mass is 127. The van der Waals surface area contributed by atoms with Crippen molar-refractivity contribution in [3.63, 3.8) is 0 Å². The molecule has 32 heavy (non-hydrogen) atoms. The first kappa shape index (κ1) is 23.6. The average Bonchev–Trinajstić information content (AvgIpc) is 3.08. The number of ether oxygens (including phenoxy) is 1. The molecule has 3 aliphatic heterocycles. The van der Waals surface area contributed by atoms with Crippen LogP contribution in [0.3, 0.4) is 0 Å². The lowest BCUT2D eigenvalue weighted by atomic mass is 9.71. The molecule has 1 aromatic carbocycles. The molecule has 174 valence electrons. The van der Waals surface area contributed by atoms with Crippen molar-refractivity contribution in [2.75, 3.05) is 26.2 Å². The lowest BCUT2D eigenvalue weighted by Gasteiger charge is -2.47. The topological polar surface area (TPSA) is 58.8 Å². The molecular formula is C26H36IN3O2. The molecular weight excluding hydrogens is 513 g/mol. The molecule has 1 aromatic rings. The molecule has 0 atom stereocenters. The predicted octanol–water partition coefficient (Wildman–Crippen LogP) is 4.79. The van der Waals surface area contributed by atoms with E-state index in [-0.39, 0.29) is 11.5 Å². The number of carbonyl (C=O) groups is 1. The van der Waals surface area contributed by atoms with Gasteiger partial charge in [0.2, 0.25) is 0 Å². The molecule has 4 rings (SSSR count). The van der Waals surface area contributed by atoms with Crippen LogP contribution >= 0.6 is 22.6 Å². The minimum absolute atomic E-state index is 0.0771. The summed E-state index contributed by atoms with van der Waals surface area (Å²) in [7, 11) is 0. The van der Waals surface area contributed by atoms with Crippen LogP contribution in [0.2, 0.25) is 0 Å². The molecule has 1 spiro atoms. The smallest absolute Gasteiger partial charge is 0.255 e. The Bertz CT molecular complexity index is 915. The van der Waals surface area contributed by atoms with Crippen LogP contribution in [-0.4, -0.2) is 47.5 Å². The second-order valence-corrected chi connectivity index (χ2v) is 11.1. The van der Waals surface area contributed by atoms with Crippen LogP contribution in [-0.2, 0) is 17.8 Å². The maximum Gasteiger partial charge on any atom is 0.255 e. The summed E-state index contributed by atoms with van der Waals surface area (Å²) in [6.45, 7) is 11.1. The quantitative estimate of drug-likeness (QED) is 0.334. The molecule has 2 fully saturated rings. The molecule has 6 heteroatoms. The molecule has 0 unspecified atom stereocenters. The van der Waals surface area contributed by atoms with E-state index in [2.05, 4.69) is 59.5 Å². The van der Waals surface area contributed by atoms with E-state index in [1.807, 2.05) is 15.1 Å². The van der Waals surface area contributed by atoms with Gasteiger partial charge in [0, 0.05) is 37.3 Å². The number of rotatable bonds is 4. The number of nitrogens with zero attached hydrogens (tertiary/aromatic N) is 2. The summed E-state index contributed by atoms with van der Waals surface area (Å²) in [5.74, 6) is 1.14. The summed E-state index contributed by atoms with van der Waals surface area (Å²) in [5, 5.41) is 0. The van der Waals surface area contributed by atoms with E-state index >= 15 is 0 Å². The standard InChI is InChI=1S/C26H36IN3O2/c1-19(28)21(7-12-27)24(31)30-15-10-26(11-16-30)8-13-29(14-9-26)18-20-5-4-6-23-22(20)17-25(2,3)32-23/h4-7,12H,8-11,13-18,28H2,1-3H3/b12-7-,21-19-. The van der Waals surface area contributed by atoms with Gasteiger partial charge >= 0.3 is 0 Å². The van der Waals surface area contributed by atoms with E-state index in [1.54, 1.807) is 6.92 Å². The van der Waals surface area contributed by atoms with Crippen LogP contribution < -0.4 is 10.5 Å². The molecule has 0 bridgehead atoms. The highest BCUT2D eigenvalue weighted by Crippen LogP contribution is 2.42. The number of amides is 1. The SMILES string of the molecule is C/C(N)=C(\C=C/I)C(=O)N1CCC2(CCN(Cc3cccc4c3CC(C)(C)O4)CC2)CC1. The van der Waals surface area contributed by atoms with Gasteiger partial charge in [-0.05, 0) is 86.7 Å². The molecule has 1 amide bonds. The van der Waals surface area contributed by atoms with Gasteiger partial charge in [0.05, 0.1) is 5.57 Å². The molecule has 0 saturated carbocycles. The minimum atomic E-state index is -0.0974. The first-order chi connectivity index (χ1) is 15.2. The van der Waals surface area contributed by atoms with E-state index in [0.29, 0.717) is 16.7 Å². The maximum atomic E-state index is 12.9. The van der Waals surface area contributed by atoms with E-state index in [0.717, 1.165) is 57.7 Å². The predicted molar refractivity (Wildman–Crippen MR) is 138 cm³/mol. The molecule has 0 aliphatic carbocycles. The zero-order chi connectivity index (χ0) is 22.9. The Labute approximate surface area is 206 Å². The number of nitrogens with two attached hydrogens (primary N) is 1. The maximum absolute atomic E-state index is 12.9. The first-order valence-electron chi connectivity index (χ1n) is 11.8. The molecule has 0 radical (unpaired) electrons.